The van der Waals surface area contributed by atoms with Gasteiger partial charge in [0.1, 0.15) is 11.4 Å². The molecule has 0 aliphatic carbocycles. The minimum absolute atomic E-state index is 0.0505. The summed E-state index contributed by atoms with van der Waals surface area (Å²) in [6.45, 7) is 6.45. The summed E-state index contributed by atoms with van der Waals surface area (Å²) in [6, 6.07) is 13.3. The number of rotatable bonds is 4. The van der Waals surface area contributed by atoms with Gasteiger partial charge in [0.2, 0.25) is 0 Å². The van der Waals surface area contributed by atoms with E-state index in [-0.39, 0.29) is 12.5 Å². The molecule has 2 aliphatic rings. The highest BCUT2D eigenvalue weighted by molar-refractivity contribution is 6.04. The fraction of sp³-hybridized carbons (Fsp3) is 0.304. The summed E-state index contributed by atoms with van der Waals surface area (Å²) in [5, 5.41) is 22.2. The van der Waals surface area contributed by atoms with Gasteiger partial charge in [-0.25, -0.2) is 0 Å². The van der Waals surface area contributed by atoms with E-state index in [1.165, 1.54) is 0 Å². The zero-order valence-electron chi connectivity index (χ0n) is 16.7. The zero-order chi connectivity index (χ0) is 20.8. The van der Waals surface area contributed by atoms with Crippen molar-refractivity contribution < 1.29 is 14.6 Å². The number of amides is 1. The first kappa shape index (κ1) is 19.0. The number of fused-ring (bicyclic) bond motifs is 2. The van der Waals surface area contributed by atoms with Crippen LogP contribution in [0.4, 0.5) is 0 Å². The Bertz CT molecular complexity index is 1080. The lowest BCUT2D eigenvalue weighted by atomic mass is 9.89. The van der Waals surface area contributed by atoms with Gasteiger partial charge in [-0.15, -0.1) is 0 Å². The summed E-state index contributed by atoms with van der Waals surface area (Å²) in [4.78, 5) is 15.1. The number of carbonyl (C=O) groups is 1. The van der Waals surface area contributed by atoms with E-state index < -0.39 is 5.60 Å². The minimum Gasteiger partial charge on any atom is -0.481 e. The minimum atomic E-state index is -0.743. The monoisotopic (exact) mass is 389 g/mol. The van der Waals surface area contributed by atoms with Crippen LogP contribution in [-0.2, 0) is 6.54 Å². The molecule has 29 heavy (non-hydrogen) atoms. The van der Waals surface area contributed by atoms with Gasteiger partial charge in [-0.1, -0.05) is 18.2 Å². The van der Waals surface area contributed by atoms with Crippen LogP contribution in [0.2, 0.25) is 0 Å². The Morgan fingerprint density at radius 3 is 2.72 bits per heavy atom. The fourth-order valence-electron chi connectivity index (χ4n) is 4.11. The molecule has 0 unspecified atom stereocenters. The lowest BCUT2D eigenvalue weighted by Gasteiger charge is -2.40. The van der Waals surface area contributed by atoms with Crippen molar-refractivity contribution in [3.8, 4) is 11.8 Å². The number of ether oxygens (including phenoxy) is 1. The van der Waals surface area contributed by atoms with E-state index in [9.17, 15) is 15.2 Å². The van der Waals surface area contributed by atoms with Gasteiger partial charge in [0.25, 0.3) is 5.91 Å². The van der Waals surface area contributed by atoms with Crippen molar-refractivity contribution in [2.75, 3.05) is 13.2 Å². The Kier molecular flexibility index (Phi) is 4.56. The highest BCUT2D eigenvalue weighted by Crippen LogP contribution is 2.45. The highest BCUT2D eigenvalue weighted by Gasteiger charge is 2.42. The first-order chi connectivity index (χ1) is 13.9. The summed E-state index contributed by atoms with van der Waals surface area (Å²) in [6.07, 6.45) is 0. The molecule has 2 heterocycles. The second-order valence-corrected chi connectivity index (χ2v) is 7.76. The molecular formula is C23H23N3O3. The van der Waals surface area contributed by atoms with Gasteiger partial charge < -0.3 is 20.1 Å². The van der Waals surface area contributed by atoms with Crippen LogP contribution in [0, 0.1) is 18.3 Å². The molecule has 2 aliphatic heterocycles. The Labute approximate surface area is 170 Å². The topological polar surface area (TPSA) is 85.6 Å². The molecule has 0 fully saturated rings. The van der Waals surface area contributed by atoms with E-state index in [0.717, 1.165) is 22.4 Å². The number of hydrogen-bond donors (Lipinski definition) is 2. The smallest absolute Gasteiger partial charge is 0.259 e. The third-order valence-corrected chi connectivity index (χ3v) is 5.49. The molecule has 0 bridgehead atoms. The normalized spacial score (nSPS) is 16.8. The molecule has 148 valence electrons. The Morgan fingerprint density at radius 2 is 2.03 bits per heavy atom. The molecule has 0 saturated heterocycles. The molecule has 1 amide bonds. The lowest BCUT2D eigenvalue weighted by molar-refractivity contribution is 0.0840. The average molecular weight is 389 g/mol. The summed E-state index contributed by atoms with van der Waals surface area (Å²) >= 11 is 0. The average Bonchev–Trinajstić information content (AvgIpc) is 3.02. The van der Waals surface area contributed by atoms with E-state index in [2.05, 4.69) is 11.4 Å². The molecule has 6 nitrogen and oxygen atoms in total. The van der Waals surface area contributed by atoms with Crippen molar-refractivity contribution in [1.82, 2.24) is 10.2 Å². The predicted molar refractivity (Wildman–Crippen MR) is 109 cm³/mol. The van der Waals surface area contributed by atoms with Crippen LogP contribution >= 0.6 is 0 Å². The van der Waals surface area contributed by atoms with Crippen molar-refractivity contribution in [1.29, 1.82) is 5.26 Å². The molecule has 2 N–H and O–H groups in total. The lowest BCUT2D eigenvalue weighted by Crippen LogP contribution is -2.45. The van der Waals surface area contributed by atoms with Crippen LogP contribution in [0.5, 0.6) is 5.75 Å². The number of carbonyl (C=O) groups excluding carboxylic acids is 1. The van der Waals surface area contributed by atoms with Crippen molar-refractivity contribution in [3.05, 3.63) is 69.9 Å². The molecule has 0 spiro atoms. The summed E-state index contributed by atoms with van der Waals surface area (Å²) < 4.78 is 6.26. The van der Waals surface area contributed by atoms with Gasteiger partial charge in [0, 0.05) is 17.7 Å². The Balaban J connectivity index is 1.97. The standard InChI is InChI=1S/C23H23N3O3/c1-14-15(12-24)8-9-18-19(14)20(21(25-10-11-27)23(2,3)29-18)26-13-16-6-4-5-7-17(16)22(26)28/h4-9,25,27H,10-11,13H2,1-3H3. The number of nitrogens with one attached hydrogen (secondary N) is 1. The number of benzene rings is 2. The Morgan fingerprint density at radius 1 is 1.28 bits per heavy atom. The molecule has 0 saturated carbocycles. The number of aliphatic hydroxyl groups is 1. The largest absolute Gasteiger partial charge is 0.481 e. The van der Waals surface area contributed by atoms with Crippen LogP contribution in [0.25, 0.3) is 5.70 Å². The first-order valence-electron chi connectivity index (χ1n) is 9.61. The van der Waals surface area contributed by atoms with E-state index in [1.807, 2.05) is 45.0 Å². The molecule has 2 aromatic carbocycles. The van der Waals surface area contributed by atoms with Gasteiger partial charge in [-0.05, 0) is 50.1 Å². The predicted octanol–water partition coefficient (Wildman–Crippen LogP) is 2.94. The molecule has 4 rings (SSSR count). The maximum atomic E-state index is 13.3. The second kappa shape index (κ2) is 6.94. The molecule has 0 radical (unpaired) electrons. The van der Waals surface area contributed by atoms with Crippen LogP contribution in [0.3, 0.4) is 0 Å². The van der Waals surface area contributed by atoms with E-state index in [1.54, 1.807) is 17.0 Å². The maximum absolute atomic E-state index is 13.3. The van der Waals surface area contributed by atoms with Crippen LogP contribution < -0.4 is 10.1 Å². The molecule has 2 aromatic rings. The van der Waals surface area contributed by atoms with Gasteiger partial charge >= 0.3 is 0 Å². The third-order valence-electron chi connectivity index (χ3n) is 5.49. The molecule has 0 atom stereocenters. The first-order valence-corrected chi connectivity index (χ1v) is 9.61. The quantitative estimate of drug-likeness (QED) is 0.840. The summed E-state index contributed by atoms with van der Waals surface area (Å²) in [5.74, 6) is 0.559. The van der Waals surface area contributed by atoms with Gasteiger partial charge in [-0.3, -0.25) is 4.79 Å². The molecule has 0 aromatic heterocycles. The zero-order valence-corrected chi connectivity index (χ0v) is 16.7. The third kappa shape index (κ3) is 2.95. The van der Waals surface area contributed by atoms with Crippen molar-refractivity contribution in [2.45, 2.75) is 32.9 Å². The highest BCUT2D eigenvalue weighted by atomic mass is 16.5. The SMILES string of the molecule is Cc1c(C#N)ccc2c1C(N1Cc3ccccc3C1=O)=C(NCCO)C(C)(C)O2. The van der Waals surface area contributed by atoms with Gasteiger partial charge in [0.05, 0.1) is 36.2 Å². The Hall–Kier alpha value is -3.30. The van der Waals surface area contributed by atoms with Crippen molar-refractivity contribution in [2.24, 2.45) is 0 Å². The fourth-order valence-corrected chi connectivity index (χ4v) is 4.11. The van der Waals surface area contributed by atoms with Crippen molar-refractivity contribution >= 4 is 11.6 Å². The summed E-state index contributed by atoms with van der Waals surface area (Å²) in [5.41, 5.74) is 4.38. The van der Waals surface area contributed by atoms with E-state index >= 15 is 0 Å². The number of nitriles is 1. The van der Waals surface area contributed by atoms with E-state index in [0.29, 0.717) is 35.7 Å². The number of hydrogen-bond acceptors (Lipinski definition) is 5. The van der Waals surface area contributed by atoms with Crippen LogP contribution in [0.1, 0.15) is 46.5 Å². The van der Waals surface area contributed by atoms with Crippen LogP contribution in [-0.4, -0.2) is 34.7 Å². The van der Waals surface area contributed by atoms with E-state index in [4.69, 9.17) is 4.74 Å². The van der Waals surface area contributed by atoms with Crippen LogP contribution in [0.15, 0.2) is 42.1 Å². The number of nitrogens with zero attached hydrogens (tertiary/aromatic N) is 2. The number of aliphatic hydroxyl groups excluding tert-OH is 1. The maximum Gasteiger partial charge on any atom is 0.259 e. The second-order valence-electron chi connectivity index (χ2n) is 7.76. The van der Waals surface area contributed by atoms with Gasteiger partial charge in [-0.2, -0.15) is 5.26 Å². The van der Waals surface area contributed by atoms with Crippen molar-refractivity contribution in [3.63, 3.8) is 0 Å². The molecule has 6 heteroatoms. The molecular weight excluding hydrogens is 366 g/mol. The van der Waals surface area contributed by atoms with Gasteiger partial charge in [0.15, 0.2) is 0 Å². The summed E-state index contributed by atoms with van der Waals surface area (Å²) in [7, 11) is 0.